The molecule has 1 amide bonds. The van der Waals surface area contributed by atoms with E-state index in [4.69, 9.17) is 16.3 Å². The number of methoxy groups -OCH3 is 1. The zero-order valence-corrected chi connectivity index (χ0v) is 24.3. The van der Waals surface area contributed by atoms with Crippen molar-refractivity contribution < 1.29 is 9.53 Å². The molecule has 0 saturated carbocycles. The molecule has 0 aliphatic carbocycles. The van der Waals surface area contributed by atoms with Crippen molar-refractivity contribution in [3.05, 3.63) is 99.8 Å². The van der Waals surface area contributed by atoms with Gasteiger partial charge < -0.3 is 10.1 Å². The molecule has 4 rings (SSSR count). The molecule has 0 bridgehead atoms. The Bertz CT molecular complexity index is 1390. The fourth-order valence-electron chi connectivity index (χ4n) is 4.32. The van der Waals surface area contributed by atoms with Crippen LogP contribution >= 0.6 is 23.4 Å². The number of aryl methyl sites for hydroxylation is 2. The van der Waals surface area contributed by atoms with Crippen LogP contribution in [-0.4, -0.2) is 27.8 Å². The van der Waals surface area contributed by atoms with Crippen LogP contribution in [-0.2, 0) is 18.7 Å². The number of halogens is 1. The number of rotatable bonds is 13. The minimum Gasteiger partial charge on any atom is -0.497 e. The highest BCUT2D eigenvalue weighted by Gasteiger charge is 2.18. The minimum atomic E-state index is -0.143. The molecule has 0 unspecified atom stereocenters. The number of carbonyl (C=O) groups excluding carboxylic acids is 1. The summed E-state index contributed by atoms with van der Waals surface area (Å²) in [7, 11) is 1.66. The Morgan fingerprint density at radius 2 is 1.82 bits per heavy atom. The van der Waals surface area contributed by atoms with Crippen LogP contribution in [0.4, 0.5) is 0 Å². The largest absolute Gasteiger partial charge is 0.497 e. The highest BCUT2D eigenvalue weighted by Crippen LogP contribution is 2.29. The van der Waals surface area contributed by atoms with Gasteiger partial charge >= 0.3 is 0 Å². The fraction of sp³-hybridized carbons (Fsp3) is 0.323. The van der Waals surface area contributed by atoms with Gasteiger partial charge in [-0.3, -0.25) is 9.36 Å². The van der Waals surface area contributed by atoms with Crippen LogP contribution in [0.3, 0.4) is 0 Å². The van der Waals surface area contributed by atoms with Crippen molar-refractivity contribution in [1.82, 2.24) is 20.1 Å². The topological polar surface area (TPSA) is 69.0 Å². The van der Waals surface area contributed by atoms with Crippen molar-refractivity contribution >= 4 is 29.3 Å². The Balaban J connectivity index is 1.49. The molecular formula is C31H35ClN4O2S. The minimum absolute atomic E-state index is 0.143. The highest BCUT2D eigenvalue weighted by molar-refractivity contribution is 7.98. The Morgan fingerprint density at radius 1 is 1.00 bits per heavy atom. The second-order valence-corrected chi connectivity index (χ2v) is 10.9. The normalized spacial score (nSPS) is 11.0. The number of nitrogens with one attached hydrogen (secondary N) is 1. The molecule has 0 radical (unpaired) electrons. The number of thioether (sulfide) groups is 1. The monoisotopic (exact) mass is 562 g/mol. The third-order valence-electron chi connectivity index (χ3n) is 6.56. The lowest BCUT2D eigenvalue weighted by Crippen LogP contribution is -2.24. The van der Waals surface area contributed by atoms with Gasteiger partial charge in [0.05, 0.1) is 19.3 Å². The van der Waals surface area contributed by atoms with E-state index >= 15 is 0 Å². The van der Waals surface area contributed by atoms with Gasteiger partial charge in [0, 0.05) is 16.3 Å². The van der Waals surface area contributed by atoms with Gasteiger partial charge in [-0.25, -0.2) is 0 Å². The first-order valence-electron chi connectivity index (χ1n) is 13.3. The number of unbranched alkanes of at least 4 members (excludes halogenated alkanes) is 3. The number of ether oxygens (including phenoxy) is 1. The quantitative estimate of drug-likeness (QED) is 0.134. The summed E-state index contributed by atoms with van der Waals surface area (Å²) in [6, 6.07) is 21.6. The van der Waals surface area contributed by atoms with E-state index in [9.17, 15) is 4.79 Å². The lowest BCUT2D eigenvalue weighted by molar-refractivity contribution is 0.0949. The molecule has 3 aromatic carbocycles. The number of nitrogens with zero attached hydrogens (tertiary/aromatic N) is 3. The van der Waals surface area contributed by atoms with Crippen LogP contribution < -0.4 is 10.1 Å². The van der Waals surface area contributed by atoms with Crippen LogP contribution in [0.2, 0.25) is 5.02 Å². The third-order valence-corrected chi connectivity index (χ3v) is 7.79. The van der Waals surface area contributed by atoms with E-state index in [1.807, 2.05) is 72.2 Å². The molecule has 0 fully saturated rings. The number of amides is 1. The lowest BCUT2D eigenvalue weighted by atomic mass is 10.0. The summed E-state index contributed by atoms with van der Waals surface area (Å²) < 4.78 is 7.34. The molecule has 0 aliphatic heterocycles. The number of hydrogen-bond donors (Lipinski definition) is 1. The molecule has 6 nitrogen and oxygen atoms in total. The van der Waals surface area contributed by atoms with Crippen LogP contribution in [0, 0.1) is 6.92 Å². The van der Waals surface area contributed by atoms with Crippen molar-refractivity contribution in [2.45, 2.75) is 63.4 Å². The van der Waals surface area contributed by atoms with Gasteiger partial charge in [-0.1, -0.05) is 79.9 Å². The molecule has 0 atom stereocenters. The number of carbonyl (C=O) groups is 1. The second kappa shape index (κ2) is 14.2. The summed E-state index contributed by atoms with van der Waals surface area (Å²) in [6.07, 6.45) is 5.95. The molecule has 1 heterocycles. The molecule has 204 valence electrons. The molecule has 1 aromatic heterocycles. The molecule has 8 heteroatoms. The van der Waals surface area contributed by atoms with Gasteiger partial charge in [0.2, 0.25) is 0 Å². The highest BCUT2D eigenvalue weighted by atomic mass is 35.5. The van der Waals surface area contributed by atoms with E-state index in [1.165, 1.54) is 31.2 Å². The average molecular weight is 563 g/mol. The zero-order valence-electron chi connectivity index (χ0n) is 22.7. The maximum atomic E-state index is 13.0. The second-order valence-electron chi connectivity index (χ2n) is 9.50. The van der Waals surface area contributed by atoms with Gasteiger partial charge in [-0.2, -0.15) is 0 Å². The van der Waals surface area contributed by atoms with E-state index in [2.05, 4.69) is 28.5 Å². The molecule has 4 aromatic rings. The van der Waals surface area contributed by atoms with E-state index in [1.54, 1.807) is 18.9 Å². The average Bonchev–Trinajstić information content (AvgIpc) is 3.37. The molecule has 0 saturated heterocycles. The molecular weight excluding hydrogens is 528 g/mol. The summed E-state index contributed by atoms with van der Waals surface area (Å²) in [5.74, 6) is 1.99. The van der Waals surface area contributed by atoms with Crippen molar-refractivity contribution in [2.24, 2.45) is 0 Å². The predicted molar refractivity (Wildman–Crippen MR) is 159 cm³/mol. The summed E-state index contributed by atoms with van der Waals surface area (Å²) in [5, 5.41) is 13.3. The smallest absolute Gasteiger partial charge is 0.251 e. The van der Waals surface area contributed by atoms with E-state index in [-0.39, 0.29) is 12.5 Å². The summed E-state index contributed by atoms with van der Waals surface area (Å²) >= 11 is 7.94. The van der Waals surface area contributed by atoms with E-state index in [0.717, 1.165) is 34.1 Å². The summed E-state index contributed by atoms with van der Waals surface area (Å²) in [5.41, 5.74) is 4.92. The first-order valence-corrected chi connectivity index (χ1v) is 14.7. The van der Waals surface area contributed by atoms with Crippen LogP contribution in [0.15, 0.2) is 71.9 Å². The third kappa shape index (κ3) is 7.87. The Hall–Kier alpha value is -3.29. The standard InChI is InChI=1S/C31H35ClN4O2S/c1-4-5-6-7-9-23-13-15-25(16-14-23)30(37)33-20-29-34-35-31(36(29)28-19-26(32)17-12-22(28)2)39-21-24-10-8-11-27(18-24)38-3/h8,10-19H,4-7,9,20-21H2,1-3H3,(H,33,37). The van der Waals surface area contributed by atoms with Crippen molar-refractivity contribution in [3.8, 4) is 11.4 Å². The van der Waals surface area contributed by atoms with Crippen molar-refractivity contribution in [1.29, 1.82) is 0 Å². The first kappa shape index (κ1) is 28.7. The summed E-state index contributed by atoms with van der Waals surface area (Å²) in [6.45, 7) is 4.47. The summed E-state index contributed by atoms with van der Waals surface area (Å²) in [4.78, 5) is 13.0. The predicted octanol–water partition coefficient (Wildman–Crippen LogP) is 7.58. The Morgan fingerprint density at radius 3 is 2.59 bits per heavy atom. The van der Waals surface area contributed by atoms with E-state index < -0.39 is 0 Å². The number of benzene rings is 3. The SMILES string of the molecule is CCCCCCc1ccc(C(=O)NCc2nnc(SCc3cccc(OC)c3)n2-c2cc(Cl)ccc2C)cc1. The number of hydrogen-bond acceptors (Lipinski definition) is 5. The molecule has 1 N–H and O–H groups in total. The van der Waals surface area contributed by atoms with E-state index in [0.29, 0.717) is 22.2 Å². The fourth-order valence-corrected chi connectivity index (χ4v) is 5.40. The van der Waals surface area contributed by atoms with Gasteiger partial charge in [-0.05, 0) is 72.9 Å². The van der Waals surface area contributed by atoms with Crippen LogP contribution in [0.25, 0.3) is 5.69 Å². The first-order chi connectivity index (χ1) is 19.0. The molecule has 0 spiro atoms. The molecule has 0 aliphatic rings. The molecule has 39 heavy (non-hydrogen) atoms. The lowest BCUT2D eigenvalue weighted by Gasteiger charge is -2.14. The van der Waals surface area contributed by atoms with Gasteiger partial charge in [-0.15, -0.1) is 10.2 Å². The zero-order chi connectivity index (χ0) is 27.6. The van der Waals surface area contributed by atoms with Crippen molar-refractivity contribution in [3.63, 3.8) is 0 Å². The maximum absolute atomic E-state index is 13.0. The maximum Gasteiger partial charge on any atom is 0.251 e. The Labute approximate surface area is 240 Å². The Kier molecular flexibility index (Phi) is 10.5. The van der Waals surface area contributed by atoms with Gasteiger partial charge in [0.1, 0.15) is 5.75 Å². The van der Waals surface area contributed by atoms with Gasteiger partial charge in [0.25, 0.3) is 5.91 Å². The van der Waals surface area contributed by atoms with Crippen LogP contribution in [0.5, 0.6) is 5.75 Å². The van der Waals surface area contributed by atoms with Crippen LogP contribution in [0.1, 0.15) is 65.5 Å². The number of aromatic nitrogens is 3. The van der Waals surface area contributed by atoms with Crippen molar-refractivity contribution in [2.75, 3.05) is 7.11 Å². The van der Waals surface area contributed by atoms with Gasteiger partial charge in [0.15, 0.2) is 11.0 Å².